The summed E-state index contributed by atoms with van der Waals surface area (Å²) in [6, 6.07) is 9.01. The molecule has 3 rings (SSSR count). The Morgan fingerprint density at radius 1 is 1.00 bits per heavy atom. The molecule has 1 aromatic carbocycles. The van der Waals surface area contributed by atoms with Gasteiger partial charge < -0.3 is 9.80 Å². The molecule has 166 valence electrons. The highest BCUT2D eigenvalue weighted by atomic mass is 32.2. The van der Waals surface area contributed by atoms with E-state index in [1.165, 1.54) is 24.3 Å². The molecule has 2 amide bonds. The monoisotopic (exact) mass is 448 g/mol. The fourth-order valence-electron chi connectivity index (χ4n) is 3.55. The number of thiol groups is 1. The van der Waals surface area contributed by atoms with Crippen molar-refractivity contribution in [2.75, 3.05) is 30.9 Å². The number of carbonyl (C=O) groups excluding carboxylic acids is 2. The molecule has 31 heavy (non-hydrogen) atoms. The maximum absolute atomic E-state index is 13.2. The first-order valence-corrected chi connectivity index (χ1v) is 11.1. The van der Waals surface area contributed by atoms with Crippen LogP contribution in [0.15, 0.2) is 42.6 Å². The summed E-state index contributed by atoms with van der Waals surface area (Å²) in [4.78, 5) is 33.5. The van der Waals surface area contributed by atoms with Crippen molar-refractivity contribution in [3.05, 3.63) is 59.7 Å². The number of hydrogen-bond acceptors (Lipinski definition) is 5. The van der Waals surface area contributed by atoms with Gasteiger partial charge in [-0.3, -0.25) is 19.3 Å². The number of nitrogens with zero attached hydrogens (tertiary/aromatic N) is 3. The zero-order chi connectivity index (χ0) is 22.6. The van der Waals surface area contributed by atoms with Crippen molar-refractivity contribution >= 4 is 28.4 Å². The van der Waals surface area contributed by atoms with E-state index in [0.717, 1.165) is 6.20 Å². The number of pyridine rings is 1. The number of aromatic nitrogens is 1. The summed E-state index contributed by atoms with van der Waals surface area (Å²) in [7, 11) is -2.76. The molecule has 1 fully saturated rings. The van der Waals surface area contributed by atoms with Gasteiger partial charge >= 0.3 is 0 Å². The average Bonchev–Trinajstić information content (AvgIpc) is 2.99. The van der Waals surface area contributed by atoms with E-state index in [1.807, 2.05) is 0 Å². The molecular formula is C21H25FN4O4S. The molecule has 0 unspecified atom stereocenters. The Kier molecular flexibility index (Phi) is 6.89. The third-order valence-electron chi connectivity index (χ3n) is 5.32. The summed E-state index contributed by atoms with van der Waals surface area (Å²) in [6.45, 7) is 5.29. The van der Waals surface area contributed by atoms with Crippen LogP contribution in [0.2, 0.25) is 0 Å². The first-order chi connectivity index (χ1) is 14.7. The number of hydrogen-bond donors (Lipinski definition) is 2. The van der Waals surface area contributed by atoms with Crippen molar-refractivity contribution in [2.45, 2.75) is 25.7 Å². The van der Waals surface area contributed by atoms with Gasteiger partial charge in [0.1, 0.15) is 5.82 Å². The first kappa shape index (κ1) is 22.7. The molecule has 0 radical (unpaired) electrons. The van der Waals surface area contributed by atoms with Gasteiger partial charge in [-0.05, 0) is 56.7 Å². The van der Waals surface area contributed by atoms with Crippen LogP contribution in [-0.4, -0.2) is 61.2 Å². The Balaban J connectivity index is 1.66. The van der Waals surface area contributed by atoms with Crippen molar-refractivity contribution in [3.63, 3.8) is 0 Å². The highest BCUT2D eigenvalue weighted by Gasteiger charge is 2.36. The van der Waals surface area contributed by atoms with Gasteiger partial charge in [0.2, 0.25) is 16.8 Å². The predicted octanol–water partition coefficient (Wildman–Crippen LogP) is 1.81. The molecule has 0 spiro atoms. The molecule has 1 aromatic heterocycles. The zero-order valence-electron chi connectivity index (χ0n) is 17.4. The molecule has 2 heterocycles. The van der Waals surface area contributed by atoms with Gasteiger partial charge in [0.25, 0.3) is 5.91 Å². The van der Waals surface area contributed by atoms with Crippen LogP contribution in [-0.2, 0) is 21.1 Å². The minimum atomic E-state index is -2.76. The largest absolute Gasteiger partial charge is 0.340 e. The van der Waals surface area contributed by atoms with E-state index >= 15 is 0 Å². The van der Waals surface area contributed by atoms with Gasteiger partial charge in [0.15, 0.2) is 0 Å². The predicted molar refractivity (Wildman–Crippen MR) is 115 cm³/mol. The van der Waals surface area contributed by atoms with E-state index in [0.29, 0.717) is 49.5 Å². The minimum Gasteiger partial charge on any atom is -0.340 e. The second-order valence-electron chi connectivity index (χ2n) is 7.87. The lowest BCUT2D eigenvalue weighted by Crippen LogP contribution is -2.45. The van der Waals surface area contributed by atoms with Gasteiger partial charge in [-0.25, -0.2) is 12.8 Å². The van der Waals surface area contributed by atoms with Gasteiger partial charge in [0.05, 0.1) is 17.3 Å². The highest BCUT2D eigenvalue weighted by Crippen LogP contribution is 2.25. The molecule has 1 aliphatic heterocycles. The molecule has 10 heteroatoms. The van der Waals surface area contributed by atoms with Crippen LogP contribution in [0.4, 0.5) is 10.1 Å². The molecule has 2 aromatic rings. The second-order valence-corrected chi connectivity index (χ2v) is 8.61. The van der Waals surface area contributed by atoms with Crippen molar-refractivity contribution < 1.29 is 22.4 Å². The topological polar surface area (TPSA) is 99.7 Å². The maximum atomic E-state index is 13.2. The Bertz CT molecular complexity index is 1010. The third kappa shape index (κ3) is 5.38. The van der Waals surface area contributed by atoms with Crippen LogP contribution >= 0.6 is 0 Å². The third-order valence-corrected chi connectivity index (χ3v) is 5.77. The number of nitrogens with one attached hydrogen (secondary N) is 1. The smallest absolute Gasteiger partial charge is 0.253 e. The summed E-state index contributed by atoms with van der Waals surface area (Å²) < 4.78 is 36.9. The molecule has 1 aliphatic rings. The van der Waals surface area contributed by atoms with Crippen LogP contribution < -0.4 is 4.72 Å². The van der Waals surface area contributed by atoms with Gasteiger partial charge in [-0.1, -0.05) is 0 Å². The number of amides is 2. The highest BCUT2D eigenvalue weighted by molar-refractivity contribution is 7.73. The van der Waals surface area contributed by atoms with Gasteiger partial charge in [-0.2, -0.15) is 0 Å². The summed E-state index contributed by atoms with van der Waals surface area (Å²) in [5.74, 6) is -0.753. The number of rotatable bonds is 5. The Hall–Kier alpha value is -3.01. The maximum Gasteiger partial charge on any atom is 0.253 e. The normalized spacial score (nSPS) is 15.0. The van der Waals surface area contributed by atoms with E-state index in [1.54, 1.807) is 35.8 Å². The Morgan fingerprint density at radius 2 is 1.65 bits per heavy atom. The van der Waals surface area contributed by atoms with Crippen molar-refractivity contribution in [2.24, 2.45) is 0 Å². The van der Waals surface area contributed by atoms with E-state index < -0.39 is 22.1 Å². The van der Waals surface area contributed by atoms with E-state index in [4.69, 9.17) is 0 Å². The number of anilines is 1. The van der Waals surface area contributed by atoms with Gasteiger partial charge in [-0.15, -0.1) is 0 Å². The van der Waals surface area contributed by atoms with E-state index in [9.17, 15) is 22.4 Å². The molecule has 0 aliphatic carbocycles. The summed E-state index contributed by atoms with van der Waals surface area (Å²) in [6.07, 6.45) is 1.73. The molecule has 0 saturated carbocycles. The average molecular weight is 449 g/mol. The molecule has 1 N–H and O–H groups in total. The fraction of sp³-hybridized carbons (Fsp3) is 0.381. The quantitative estimate of drug-likeness (QED) is 0.680. The van der Waals surface area contributed by atoms with Crippen LogP contribution in [0.3, 0.4) is 0 Å². The summed E-state index contributed by atoms with van der Waals surface area (Å²) in [5, 5.41) is 0. The van der Waals surface area contributed by atoms with Crippen LogP contribution in [0.5, 0.6) is 0 Å². The van der Waals surface area contributed by atoms with Crippen molar-refractivity contribution in [3.8, 4) is 0 Å². The lowest BCUT2D eigenvalue weighted by molar-refractivity contribution is -0.136. The number of halogens is 1. The van der Waals surface area contributed by atoms with Crippen molar-refractivity contribution in [1.82, 2.24) is 14.8 Å². The summed E-state index contributed by atoms with van der Waals surface area (Å²) >= 11 is 0. The number of benzene rings is 1. The zero-order valence-corrected chi connectivity index (χ0v) is 18.3. The standard InChI is InChI=1S/C21H25FN4O4S/c1-21(2,18-9-6-16(22)14-23-18)20(28)26-11-3-10-25(12-13-26)19(27)15-4-7-17(8-5-15)24-31(29)30/h4-9,14,31H,3,10-13H2,1-2H3,(H,24,29,30). The minimum absolute atomic E-state index is 0.122. The van der Waals surface area contributed by atoms with Crippen LogP contribution in [0.1, 0.15) is 36.3 Å². The molecule has 8 nitrogen and oxygen atoms in total. The SMILES string of the molecule is CC(C)(C(=O)N1CCCN(C(=O)c2ccc(N[SH](=O)=O)cc2)CC1)c1ccc(F)cn1. The second kappa shape index (κ2) is 9.42. The number of carbonyl (C=O) groups is 2. The Labute approximate surface area is 182 Å². The van der Waals surface area contributed by atoms with E-state index in [-0.39, 0.29) is 11.8 Å². The van der Waals surface area contributed by atoms with Crippen LogP contribution in [0.25, 0.3) is 0 Å². The molecular weight excluding hydrogens is 423 g/mol. The Morgan fingerprint density at radius 3 is 2.26 bits per heavy atom. The molecule has 0 atom stereocenters. The van der Waals surface area contributed by atoms with Gasteiger partial charge in [0, 0.05) is 37.4 Å². The lowest BCUT2D eigenvalue weighted by atomic mass is 9.87. The van der Waals surface area contributed by atoms with E-state index in [2.05, 4.69) is 9.71 Å². The summed E-state index contributed by atoms with van der Waals surface area (Å²) in [5.41, 5.74) is 0.405. The lowest BCUT2D eigenvalue weighted by Gasteiger charge is -2.31. The van der Waals surface area contributed by atoms with Crippen molar-refractivity contribution in [1.29, 1.82) is 0 Å². The fourth-order valence-corrected chi connectivity index (χ4v) is 3.91. The molecule has 1 saturated heterocycles. The first-order valence-electron chi connectivity index (χ1n) is 9.90. The van der Waals surface area contributed by atoms with Crippen LogP contribution in [0, 0.1) is 5.82 Å². The molecule has 0 bridgehead atoms.